The highest BCUT2D eigenvalue weighted by Crippen LogP contribution is 2.31. The Kier molecular flexibility index (Phi) is 6.34. The number of nitrogens with zero attached hydrogens (tertiary/aromatic N) is 4. The first-order valence-electron chi connectivity index (χ1n) is 9.60. The summed E-state index contributed by atoms with van der Waals surface area (Å²) in [4.78, 5) is 17.0. The summed E-state index contributed by atoms with van der Waals surface area (Å²) in [5.74, 6) is 1.28. The number of para-hydroxylation sites is 1. The van der Waals surface area contributed by atoms with Crippen molar-refractivity contribution in [1.29, 1.82) is 0 Å². The normalized spacial score (nSPS) is 11.8. The zero-order chi connectivity index (χ0) is 21.8. The fourth-order valence-electron chi connectivity index (χ4n) is 2.94. The van der Waals surface area contributed by atoms with Crippen LogP contribution >= 0.6 is 23.1 Å². The second-order valence-electron chi connectivity index (χ2n) is 6.75. The molecule has 0 radical (unpaired) electrons. The van der Waals surface area contributed by atoms with Gasteiger partial charge < -0.3 is 10.1 Å². The number of anilines is 1. The molecule has 0 aliphatic carbocycles. The number of ether oxygens (including phenoxy) is 1. The molecule has 0 unspecified atom stereocenters. The molecule has 2 heterocycles. The molecule has 2 aromatic heterocycles. The molecule has 4 aromatic rings. The van der Waals surface area contributed by atoms with Crippen molar-refractivity contribution in [2.75, 3.05) is 12.4 Å². The largest absolute Gasteiger partial charge is 0.497 e. The lowest BCUT2D eigenvalue weighted by Crippen LogP contribution is -2.22. The van der Waals surface area contributed by atoms with Crippen molar-refractivity contribution in [3.05, 3.63) is 65.7 Å². The fourth-order valence-corrected chi connectivity index (χ4v) is 4.49. The van der Waals surface area contributed by atoms with Gasteiger partial charge in [0.2, 0.25) is 5.91 Å². The third kappa shape index (κ3) is 4.78. The van der Waals surface area contributed by atoms with Crippen LogP contribution in [0.3, 0.4) is 0 Å². The van der Waals surface area contributed by atoms with Gasteiger partial charge in [-0.1, -0.05) is 42.1 Å². The number of hydrogen-bond acceptors (Lipinski definition) is 7. The molecule has 1 amide bonds. The molecule has 1 N–H and O–H groups in total. The number of carbonyl (C=O) groups is 1. The molecule has 0 fully saturated rings. The van der Waals surface area contributed by atoms with Gasteiger partial charge in [0.25, 0.3) is 0 Å². The molecule has 0 bridgehead atoms. The van der Waals surface area contributed by atoms with Crippen molar-refractivity contribution in [2.45, 2.75) is 24.3 Å². The van der Waals surface area contributed by atoms with Crippen LogP contribution in [0.25, 0.3) is 17.1 Å². The van der Waals surface area contributed by atoms with Crippen molar-refractivity contribution in [2.24, 2.45) is 0 Å². The molecular formula is C22H21N5O2S2. The summed E-state index contributed by atoms with van der Waals surface area (Å²) in [6, 6.07) is 17.5. The highest BCUT2D eigenvalue weighted by Gasteiger charge is 2.22. The molecule has 0 saturated heterocycles. The van der Waals surface area contributed by atoms with Gasteiger partial charge in [-0.2, -0.15) is 0 Å². The second-order valence-corrected chi connectivity index (χ2v) is 8.92. The van der Waals surface area contributed by atoms with Crippen molar-refractivity contribution in [1.82, 2.24) is 19.7 Å². The number of rotatable bonds is 7. The summed E-state index contributed by atoms with van der Waals surface area (Å²) in [6.07, 6.45) is 0. The lowest BCUT2D eigenvalue weighted by molar-refractivity contribution is -0.115. The van der Waals surface area contributed by atoms with Gasteiger partial charge >= 0.3 is 0 Å². The van der Waals surface area contributed by atoms with E-state index in [9.17, 15) is 4.79 Å². The lowest BCUT2D eigenvalue weighted by atomic mass is 10.2. The summed E-state index contributed by atoms with van der Waals surface area (Å²) in [5.41, 5.74) is 2.67. The van der Waals surface area contributed by atoms with Gasteiger partial charge in [0.1, 0.15) is 5.75 Å². The Bertz CT molecular complexity index is 1190. The highest BCUT2D eigenvalue weighted by atomic mass is 32.2. The number of thioether (sulfide) groups is 1. The van der Waals surface area contributed by atoms with E-state index in [-0.39, 0.29) is 5.91 Å². The predicted molar refractivity (Wildman–Crippen MR) is 124 cm³/mol. The van der Waals surface area contributed by atoms with E-state index in [1.54, 1.807) is 7.11 Å². The molecule has 9 heteroatoms. The maximum absolute atomic E-state index is 12.7. The van der Waals surface area contributed by atoms with Gasteiger partial charge in [0.15, 0.2) is 16.1 Å². The molecule has 0 aliphatic heterocycles. The molecule has 4 rings (SSSR count). The van der Waals surface area contributed by atoms with Crippen molar-refractivity contribution >= 4 is 34.1 Å². The molecule has 1 atom stereocenters. The van der Waals surface area contributed by atoms with E-state index >= 15 is 0 Å². The van der Waals surface area contributed by atoms with Crippen LogP contribution in [0.1, 0.15) is 12.6 Å². The van der Waals surface area contributed by atoms with E-state index in [1.807, 2.05) is 78.4 Å². The average Bonchev–Trinajstić information content (AvgIpc) is 3.40. The first-order valence-corrected chi connectivity index (χ1v) is 11.4. The predicted octanol–water partition coefficient (Wildman–Crippen LogP) is 4.83. The summed E-state index contributed by atoms with van der Waals surface area (Å²) in [6.45, 7) is 3.74. The van der Waals surface area contributed by atoms with Crippen LogP contribution in [0.4, 0.5) is 5.13 Å². The van der Waals surface area contributed by atoms with Crippen LogP contribution in [0.15, 0.2) is 65.1 Å². The number of hydrogen-bond donors (Lipinski definition) is 1. The zero-order valence-corrected chi connectivity index (χ0v) is 18.9. The summed E-state index contributed by atoms with van der Waals surface area (Å²) >= 11 is 2.76. The van der Waals surface area contributed by atoms with E-state index in [2.05, 4.69) is 20.5 Å². The van der Waals surface area contributed by atoms with E-state index in [0.29, 0.717) is 16.1 Å². The number of aryl methyl sites for hydroxylation is 1. The molecule has 0 spiro atoms. The summed E-state index contributed by atoms with van der Waals surface area (Å²) in [5, 5.41) is 14.4. The number of amides is 1. The van der Waals surface area contributed by atoms with Crippen LogP contribution < -0.4 is 10.1 Å². The Hall–Kier alpha value is -3.17. The monoisotopic (exact) mass is 451 g/mol. The molecule has 2 aromatic carbocycles. The number of nitrogens with one attached hydrogen (secondary N) is 1. The van der Waals surface area contributed by atoms with Gasteiger partial charge in [-0.25, -0.2) is 4.98 Å². The van der Waals surface area contributed by atoms with Crippen LogP contribution in [0.5, 0.6) is 5.75 Å². The minimum atomic E-state index is -0.394. The number of aromatic nitrogens is 4. The maximum atomic E-state index is 12.7. The molecule has 7 nitrogen and oxygen atoms in total. The lowest BCUT2D eigenvalue weighted by Gasteiger charge is -2.13. The Morgan fingerprint density at radius 1 is 1.16 bits per heavy atom. The number of benzene rings is 2. The number of carbonyl (C=O) groups excluding carboxylic acids is 1. The minimum Gasteiger partial charge on any atom is -0.497 e. The van der Waals surface area contributed by atoms with E-state index in [1.165, 1.54) is 23.1 Å². The van der Waals surface area contributed by atoms with Gasteiger partial charge in [0.05, 0.1) is 18.1 Å². The SMILES string of the molecule is COc1cccc(-c2nnc(S[C@H](C)C(=O)Nc3nc(C)cs3)n2-c2ccccc2)c1. The number of thiazole rings is 1. The molecule has 158 valence electrons. The quantitative estimate of drug-likeness (QED) is 0.406. The van der Waals surface area contributed by atoms with Crippen molar-refractivity contribution in [3.8, 4) is 22.8 Å². The van der Waals surface area contributed by atoms with Crippen LogP contribution in [0.2, 0.25) is 0 Å². The van der Waals surface area contributed by atoms with E-state index in [0.717, 1.165) is 22.7 Å². The third-order valence-electron chi connectivity index (χ3n) is 4.48. The standard InChI is InChI=1S/C22H21N5O2S2/c1-14-13-30-21(23-14)24-20(28)15(2)31-22-26-25-19(16-8-7-11-18(12-16)29-3)27(22)17-9-5-4-6-10-17/h4-13,15H,1-3H3,(H,23,24,28)/t15-/m1/s1. The smallest absolute Gasteiger partial charge is 0.239 e. The average molecular weight is 452 g/mol. The zero-order valence-electron chi connectivity index (χ0n) is 17.3. The first-order chi connectivity index (χ1) is 15.0. The van der Waals surface area contributed by atoms with Crippen molar-refractivity contribution < 1.29 is 9.53 Å². The Labute approximate surface area is 188 Å². The molecular weight excluding hydrogens is 430 g/mol. The van der Waals surface area contributed by atoms with Crippen LogP contribution in [-0.4, -0.2) is 38.0 Å². The fraction of sp³-hybridized carbons (Fsp3) is 0.182. The maximum Gasteiger partial charge on any atom is 0.239 e. The van der Waals surface area contributed by atoms with Crippen LogP contribution in [0, 0.1) is 6.92 Å². The van der Waals surface area contributed by atoms with Gasteiger partial charge in [0, 0.05) is 16.6 Å². The Morgan fingerprint density at radius 2 is 1.97 bits per heavy atom. The molecule has 31 heavy (non-hydrogen) atoms. The summed E-state index contributed by atoms with van der Waals surface area (Å²) in [7, 11) is 1.63. The topological polar surface area (TPSA) is 81.9 Å². The minimum absolute atomic E-state index is 0.134. The first kappa shape index (κ1) is 21.1. The summed E-state index contributed by atoms with van der Waals surface area (Å²) < 4.78 is 7.32. The third-order valence-corrected chi connectivity index (χ3v) is 6.39. The number of methoxy groups -OCH3 is 1. The van der Waals surface area contributed by atoms with Gasteiger partial charge in [-0.05, 0) is 38.1 Å². The Morgan fingerprint density at radius 3 is 2.68 bits per heavy atom. The van der Waals surface area contributed by atoms with Crippen LogP contribution in [-0.2, 0) is 4.79 Å². The van der Waals surface area contributed by atoms with Crippen molar-refractivity contribution in [3.63, 3.8) is 0 Å². The Balaban J connectivity index is 1.66. The van der Waals surface area contributed by atoms with E-state index < -0.39 is 5.25 Å². The second kappa shape index (κ2) is 9.32. The molecule has 0 aliphatic rings. The molecule has 0 saturated carbocycles. The van der Waals surface area contributed by atoms with Gasteiger partial charge in [-0.3, -0.25) is 9.36 Å². The van der Waals surface area contributed by atoms with E-state index in [4.69, 9.17) is 4.74 Å². The highest BCUT2D eigenvalue weighted by molar-refractivity contribution is 8.00. The van der Waals surface area contributed by atoms with Gasteiger partial charge in [-0.15, -0.1) is 21.5 Å².